The summed E-state index contributed by atoms with van der Waals surface area (Å²) in [6, 6.07) is 0. The molecule has 4 atom stereocenters. The summed E-state index contributed by atoms with van der Waals surface area (Å²) in [6.07, 6.45) is 8.02. The third-order valence-corrected chi connectivity index (χ3v) is 5.47. The number of hydrogen-bond donors (Lipinski definition) is 1. The van der Waals surface area contributed by atoms with Crippen LogP contribution in [0.5, 0.6) is 0 Å². The minimum absolute atomic E-state index is 0.364. The molecule has 0 aliphatic heterocycles. The maximum absolute atomic E-state index is 4.13. The molecule has 1 fully saturated rings. The van der Waals surface area contributed by atoms with Crippen molar-refractivity contribution in [1.29, 1.82) is 0 Å². The van der Waals surface area contributed by atoms with Crippen LogP contribution in [0.25, 0.3) is 0 Å². The highest BCUT2D eigenvalue weighted by molar-refractivity contribution is 5.15. The first kappa shape index (κ1) is 13.1. The zero-order valence-electron chi connectivity index (χ0n) is 12.0. The van der Waals surface area contributed by atoms with Gasteiger partial charge in [0.15, 0.2) is 0 Å². The molecule has 1 nitrogen and oxygen atoms in total. The van der Waals surface area contributed by atoms with Crippen LogP contribution in [-0.4, -0.2) is 5.54 Å². The average molecular weight is 235 g/mol. The van der Waals surface area contributed by atoms with Crippen molar-refractivity contribution in [3.05, 3.63) is 18.7 Å². The molecule has 0 radical (unpaired) electrons. The molecule has 0 saturated heterocycles. The van der Waals surface area contributed by atoms with E-state index in [1.54, 1.807) is 5.57 Å². The van der Waals surface area contributed by atoms with Crippen molar-refractivity contribution in [2.75, 3.05) is 0 Å². The van der Waals surface area contributed by atoms with Gasteiger partial charge in [0.1, 0.15) is 0 Å². The van der Waals surface area contributed by atoms with E-state index in [2.05, 4.69) is 46.1 Å². The standard InChI is InChI=1S/C16H29N/c1-11(2)13-8-9-16(4,17-5)15-7-6-12(3)14(15)10-13/h10-12,14-15H,5-9,17H2,1-4H3/t12-,14-,15-,16-/m0/s1. The van der Waals surface area contributed by atoms with Crippen LogP contribution in [0.4, 0.5) is 0 Å². The fourth-order valence-electron chi connectivity index (χ4n) is 3.94. The van der Waals surface area contributed by atoms with Gasteiger partial charge in [-0.2, -0.15) is 7.05 Å². The lowest BCUT2D eigenvalue weighted by atomic mass is 9.76. The molecule has 2 N–H and O–H groups in total. The minimum Gasteiger partial charge on any atom is -0.474 e. The summed E-state index contributed by atoms with van der Waals surface area (Å²) in [5.74, 6) is 3.23. The van der Waals surface area contributed by atoms with Gasteiger partial charge < -0.3 is 5.32 Å². The van der Waals surface area contributed by atoms with Gasteiger partial charge in [-0.15, -0.1) is 0 Å². The molecule has 2 aliphatic rings. The first-order valence-electron chi connectivity index (χ1n) is 7.32. The number of fused-ring (bicyclic) bond motifs is 1. The maximum atomic E-state index is 4.13. The van der Waals surface area contributed by atoms with Gasteiger partial charge in [-0.25, -0.2) is 0 Å². The number of nitrogens with two attached hydrogens (primary N) is 1. The average Bonchev–Trinajstić information content (AvgIpc) is 2.57. The summed E-state index contributed by atoms with van der Waals surface area (Å²) in [7, 11) is 4.13. The van der Waals surface area contributed by atoms with E-state index >= 15 is 0 Å². The van der Waals surface area contributed by atoms with Gasteiger partial charge in [0.25, 0.3) is 0 Å². The smallest absolute Gasteiger partial charge is 0.0732 e. The van der Waals surface area contributed by atoms with Crippen LogP contribution in [0.3, 0.4) is 0 Å². The highest BCUT2D eigenvalue weighted by Gasteiger charge is 2.46. The van der Waals surface area contributed by atoms with Crippen molar-refractivity contribution in [2.45, 2.75) is 58.9 Å². The lowest BCUT2D eigenvalue weighted by Gasteiger charge is -2.37. The molecular weight excluding hydrogens is 206 g/mol. The van der Waals surface area contributed by atoms with E-state index in [-0.39, 0.29) is 0 Å². The molecule has 0 aromatic heterocycles. The Labute approximate surface area is 107 Å². The monoisotopic (exact) mass is 235 g/mol. The van der Waals surface area contributed by atoms with E-state index in [4.69, 9.17) is 0 Å². The Bertz CT molecular complexity index is 305. The number of allylic oxidation sites excluding steroid dienone is 2. The van der Waals surface area contributed by atoms with E-state index in [0.717, 1.165) is 23.7 Å². The van der Waals surface area contributed by atoms with Gasteiger partial charge in [0.2, 0.25) is 0 Å². The Morgan fingerprint density at radius 3 is 2.71 bits per heavy atom. The van der Waals surface area contributed by atoms with Crippen LogP contribution in [0.2, 0.25) is 0 Å². The van der Waals surface area contributed by atoms with E-state index in [1.165, 1.54) is 25.7 Å². The molecule has 0 amide bonds. The number of rotatable bonds is 2. The summed E-state index contributed by atoms with van der Waals surface area (Å²) in [5.41, 5.74) is 2.06. The second kappa shape index (κ2) is 4.76. The maximum Gasteiger partial charge on any atom is 0.0732 e. The van der Waals surface area contributed by atoms with Crippen LogP contribution in [0, 0.1) is 30.7 Å². The largest absolute Gasteiger partial charge is 0.474 e. The molecule has 98 valence electrons. The second-order valence-corrected chi connectivity index (χ2v) is 6.84. The molecule has 2 aliphatic carbocycles. The van der Waals surface area contributed by atoms with Crippen LogP contribution < -0.4 is 5.32 Å². The van der Waals surface area contributed by atoms with Crippen molar-refractivity contribution in [2.24, 2.45) is 23.7 Å². The zero-order valence-corrected chi connectivity index (χ0v) is 12.0. The Morgan fingerprint density at radius 1 is 1.41 bits per heavy atom. The highest BCUT2D eigenvalue weighted by atomic mass is 14.9. The second-order valence-electron chi connectivity index (χ2n) is 6.84. The summed E-state index contributed by atoms with van der Waals surface area (Å²) in [6.45, 7) is 9.56. The molecule has 0 heterocycles. The van der Waals surface area contributed by atoms with Crippen molar-refractivity contribution in [3.63, 3.8) is 0 Å². The summed E-state index contributed by atoms with van der Waals surface area (Å²) in [4.78, 5) is 0. The molecule has 0 bridgehead atoms. The molecule has 0 aromatic rings. The van der Waals surface area contributed by atoms with E-state index < -0.39 is 0 Å². The molecule has 17 heavy (non-hydrogen) atoms. The lowest BCUT2D eigenvalue weighted by Crippen LogP contribution is -2.92. The molecule has 0 spiro atoms. The molecule has 2 rings (SSSR count). The van der Waals surface area contributed by atoms with Gasteiger partial charge in [0, 0.05) is 12.3 Å². The van der Waals surface area contributed by atoms with Gasteiger partial charge in [-0.1, -0.05) is 32.4 Å². The van der Waals surface area contributed by atoms with Crippen LogP contribution in [-0.2, 0) is 0 Å². The zero-order chi connectivity index (χ0) is 12.6. The van der Waals surface area contributed by atoms with Crippen LogP contribution in [0.15, 0.2) is 11.6 Å². The predicted octanol–water partition coefficient (Wildman–Crippen LogP) is 3.14. The molecular formula is C16H29N. The summed E-state index contributed by atoms with van der Waals surface area (Å²) < 4.78 is 0. The van der Waals surface area contributed by atoms with Gasteiger partial charge >= 0.3 is 0 Å². The minimum atomic E-state index is 0.364. The van der Waals surface area contributed by atoms with E-state index in [9.17, 15) is 0 Å². The fraction of sp³-hybridized carbons (Fsp3) is 0.812. The Kier molecular flexibility index (Phi) is 3.68. The third kappa shape index (κ3) is 2.31. The molecule has 0 aromatic carbocycles. The summed E-state index contributed by atoms with van der Waals surface area (Å²) in [5, 5.41) is 2.25. The molecule has 1 heteroatoms. The normalized spacial score (nSPS) is 42.2. The topological polar surface area (TPSA) is 16.6 Å². The van der Waals surface area contributed by atoms with Crippen LogP contribution >= 0.6 is 0 Å². The van der Waals surface area contributed by atoms with Gasteiger partial charge in [-0.05, 0) is 43.9 Å². The quantitative estimate of drug-likeness (QED) is 0.559. The molecule has 0 unspecified atom stereocenters. The van der Waals surface area contributed by atoms with E-state index in [0.29, 0.717) is 5.54 Å². The highest BCUT2D eigenvalue weighted by Crippen LogP contribution is 2.47. The predicted molar refractivity (Wildman–Crippen MR) is 73.2 cm³/mol. The SMILES string of the molecule is [CH2-][NH2+][C@@]1(C)CCC(C(C)C)=C[C@H]2[C@@H](C)CC[C@@H]21. The Hall–Kier alpha value is -0.300. The lowest BCUT2D eigenvalue weighted by molar-refractivity contribution is -0.683. The Balaban J connectivity index is 2.31. The third-order valence-electron chi connectivity index (χ3n) is 5.47. The van der Waals surface area contributed by atoms with Crippen LogP contribution in [0.1, 0.15) is 53.4 Å². The van der Waals surface area contributed by atoms with Crippen molar-refractivity contribution < 1.29 is 5.32 Å². The van der Waals surface area contributed by atoms with Gasteiger partial charge in [-0.3, -0.25) is 0 Å². The van der Waals surface area contributed by atoms with Crippen molar-refractivity contribution in [3.8, 4) is 0 Å². The first-order valence-corrected chi connectivity index (χ1v) is 7.32. The summed E-state index contributed by atoms with van der Waals surface area (Å²) >= 11 is 0. The first-order chi connectivity index (χ1) is 7.98. The van der Waals surface area contributed by atoms with Crippen molar-refractivity contribution >= 4 is 0 Å². The fourth-order valence-corrected chi connectivity index (χ4v) is 3.94. The molecule has 1 saturated carbocycles. The van der Waals surface area contributed by atoms with Gasteiger partial charge in [0.05, 0.1) is 5.54 Å². The Morgan fingerprint density at radius 2 is 2.12 bits per heavy atom. The van der Waals surface area contributed by atoms with Crippen molar-refractivity contribution in [1.82, 2.24) is 0 Å². The van der Waals surface area contributed by atoms with E-state index in [1.807, 2.05) is 0 Å². The number of quaternary nitrogens is 1. The number of hydrogen-bond acceptors (Lipinski definition) is 0.